The highest BCUT2D eigenvalue weighted by atomic mass is 16.5. The number of methoxy groups -OCH3 is 2. The molecule has 0 spiro atoms. The molecule has 2 heterocycles. The van der Waals surface area contributed by atoms with E-state index < -0.39 is 0 Å². The quantitative estimate of drug-likeness (QED) is 0.810. The van der Waals surface area contributed by atoms with Gasteiger partial charge in [-0.25, -0.2) is 0 Å². The van der Waals surface area contributed by atoms with Crippen molar-refractivity contribution in [2.45, 2.75) is 32.2 Å². The maximum Gasteiger partial charge on any atom is 0.272 e. The summed E-state index contributed by atoms with van der Waals surface area (Å²) in [5.41, 5.74) is 1.61. The lowest BCUT2D eigenvalue weighted by Gasteiger charge is -2.19. The molecular formula is C22H27N3O4. The molecule has 0 unspecified atom stereocenters. The molecule has 0 saturated carbocycles. The molecule has 2 aromatic rings. The maximum atomic E-state index is 12.7. The van der Waals surface area contributed by atoms with E-state index in [1.54, 1.807) is 32.4 Å². The van der Waals surface area contributed by atoms with E-state index in [1.807, 2.05) is 17.0 Å². The van der Waals surface area contributed by atoms with Crippen LogP contribution >= 0.6 is 0 Å². The van der Waals surface area contributed by atoms with Gasteiger partial charge in [0.15, 0.2) is 11.5 Å². The number of carbonyl (C=O) groups is 2. The van der Waals surface area contributed by atoms with Gasteiger partial charge in [0, 0.05) is 31.4 Å². The average Bonchev–Trinajstić information content (AvgIpc) is 3.06. The molecule has 1 aliphatic heterocycles. The van der Waals surface area contributed by atoms with Crippen LogP contribution in [-0.4, -0.2) is 49.0 Å². The molecule has 1 aliphatic rings. The summed E-state index contributed by atoms with van der Waals surface area (Å²) in [6.45, 7) is 1.82. The molecule has 0 bridgehead atoms. The lowest BCUT2D eigenvalue weighted by atomic mass is 10.1. The minimum atomic E-state index is -0.257. The molecule has 1 saturated heterocycles. The van der Waals surface area contributed by atoms with Crippen LogP contribution in [0.2, 0.25) is 0 Å². The number of benzene rings is 1. The SMILES string of the molecule is COc1ccc(CNC(=O)c2ccnc(C(=O)N3CCCCCC3)c2)cc1OC. The Morgan fingerprint density at radius 3 is 2.41 bits per heavy atom. The van der Waals surface area contributed by atoms with Gasteiger partial charge in [-0.3, -0.25) is 14.6 Å². The number of carbonyl (C=O) groups excluding carboxylic acids is 2. The van der Waals surface area contributed by atoms with Crippen LogP contribution in [0.3, 0.4) is 0 Å². The van der Waals surface area contributed by atoms with Crippen LogP contribution in [0.1, 0.15) is 52.1 Å². The average molecular weight is 397 g/mol. The van der Waals surface area contributed by atoms with Crippen molar-refractivity contribution in [1.82, 2.24) is 15.2 Å². The molecule has 1 aromatic carbocycles. The van der Waals surface area contributed by atoms with E-state index in [-0.39, 0.29) is 11.8 Å². The molecule has 154 valence electrons. The third-order valence-electron chi connectivity index (χ3n) is 5.04. The Balaban J connectivity index is 1.65. The second-order valence-electron chi connectivity index (χ2n) is 7.01. The molecule has 1 aromatic heterocycles. The van der Waals surface area contributed by atoms with Crippen molar-refractivity contribution in [2.75, 3.05) is 27.3 Å². The first-order valence-electron chi connectivity index (χ1n) is 9.87. The molecule has 0 atom stereocenters. The van der Waals surface area contributed by atoms with Crippen molar-refractivity contribution < 1.29 is 19.1 Å². The molecule has 1 fully saturated rings. The van der Waals surface area contributed by atoms with Crippen molar-refractivity contribution in [3.63, 3.8) is 0 Å². The number of amides is 2. The molecule has 2 amide bonds. The zero-order valence-corrected chi connectivity index (χ0v) is 16.9. The van der Waals surface area contributed by atoms with Crippen LogP contribution in [0.25, 0.3) is 0 Å². The van der Waals surface area contributed by atoms with Crippen molar-refractivity contribution in [3.05, 3.63) is 53.3 Å². The topological polar surface area (TPSA) is 80.8 Å². The number of hydrogen-bond donors (Lipinski definition) is 1. The van der Waals surface area contributed by atoms with Crippen LogP contribution < -0.4 is 14.8 Å². The summed E-state index contributed by atoms with van der Waals surface area (Å²) in [7, 11) is 3.15. The van der Waals surface area contributed by atoms with Gasteiger partial charge in [-0.15, -0.1) is 0 Å². The van der Waals surface area contributed by atoms with Gasteiger partial charge in [-0.05, 0) is 42.7 Å². The van der Waals surface area contributed by atoms with Crippen molar-refractivity contribution in [2.24, 2.45) is 0 Å². The molecule has 7 heteroatoms. The van der Waals surface area contributed by atoms with Crippen LogP contribution in [0.15, 0.2) is 36.5 Å². The number of likely N-dealkylation sites (tertiary alicyclic amines) is 1. The van der Waals surface area contributed by atoms with Gasteiger partial charge in [0.25, 0.3) is 11.8 Å². The number of hydrogen-bond acceptors (Lipinski definition) is 5. The number of nitrogens with one attached hydrogen (secondary N) is 1. The third kappa shape index (κ3) is 5.25. The summed E-state index contributed by atoms with van der Waals surface area (Å²) in [4.78, 5) is 31.3. The van der Waals surface area contributed by atoms with E-state index in [9.17, 15) is 9.59 Å². The van der Waals surface area contributed by atoms with Crippen molar-refractivity contribution >= 4 is 11.8 Å². The van der Waals surface area contributed by atoms with E-state index in [2.05, 4.69) is 10.3 Å². The zero-order valence-electron chi connectivity index (χ0n) is 16.9. The second kappa shape index (κ2) is 9.91. The Morgan fingerprint density at radius 2 is 1.72 bits per heavy atom. The summed E-state index contributed by atoms with van der Waals surface area (Å²) in [6, 6.07) is 8.66. The highest BCUT2D eigenvalue weighted by Crippen LogP contribution is 2.27. The summed E-state index contributed by atoms with van der Waals surface area (Å²) in [6.07, 6.45) is 5.83. The predicted molar refractivity (Wildman–Crippen MR) is 109 cm³/mol. The fraction of sp³-hybridized carbons (Fsp3) is 0.409. The summed E-state index contributed by atoms with van der Waals surface area (Å²) < 4.78 is 10.5. The number of rotatable bonds is 6. The van der Waals surface area contributed by atoms with Crippen LogP contribution in [-0.2, 0) is 6.54 Å². The Morgan fingerprint density at radius 1 is 1.00 bits per heavy atom. The fourth-order valence-corrected chi connectivity index (χ4v) is 3.40. The minimum Gasteiger partial charge on any atom is -0.493 e. The van der Waals surface area contributed by atoms with Gasteiger partial charge in [0.05, 0.1) is 14.2 Å². The summed E-state index contributed by atoms with van der Waals surface area (Å²) >= 11 is 0. The van der Waals surface area contributed by atoms with E-state index in [1.165, 1.54) is 6.20 Å². The number of nitrogens with zero attached hydrogens (tertiary/aromatic N) is 2. The Hall–Kier alpha value is -3.09. The predicted octanol–water partition coefficient (Wildman–Crippen LogP) is 3.05. The van der Waals surface area contributed by atoms with E-state index in [0.29, 0.717) is 29.3 Å². The molecule has 3 rings (SSSR count). The smallest absolute Gasteiger partial charge is 0.272 e. The Kier molecular flexibility index (Phi) is 7.05. The lowest BCUT2D eigenvalue weighted by Crippen LogP contribution is -2.32. The van der Waals surface area contributed by atoms with Crippen LogP contribution in [0.4, 0.5) is 0 Å². The van der Waals surface area contributed by atoms with Gasteiger partial charge in [0.1, 0.15) is 5.69 Å². The van der Waals surface area contributed by atoms with Crippen molar-refractivity contribution in [1.29, 1.82) is 0 Å². The van der Waals surface area contributed by atoms with Gasteiger partial charge in [-0.2, -0.15) is 0 Å². The molecule has 0 radical (unpaired) electrons. The first-order valence-corrected chi connectivity index (χ1v) is 9.87. The highest BCUT2D eigenvalue weighted by molar-refractivity contribution is 5.98. The lowest BCUT2D eigenvalue weighted by molar-refractivity contribution is 0.0755. The maximum absolute atomic E-state index is 12.7. The largest absolute Gasteiger partial charge is 0.493 e. The summed E-state index contributed by atoms with van der Waals surface area (Å²) in [5, 5.41) is 2.87. The number of ether oxygens (including phenoxy) is 2. The highest BCUT2D eigenvalue weighted by Gasteiger charge is 2.19. The Labute approximate surface area is 171 Å². The van der Waals surface area contributed by atoms with Gasteiger partial charge < -0.3 is 19.7 Å². The van der Waals surface area contributed by atoms with Crippen LogP contribution in [0.5, 0.6) is 11.5 Å². The van der Waals surface area contributed by atoms with Gasteiger partial charge >= 0.3 is 0 Å². The molecule has 7 nitrogen and oxygen atoms in total. The Bertz CT molecular complexity index is 861. The standard InChI is InChI=1S/C22H27N3O4/c1-28-19-8-7-16(13-20(19)29-2)15-24-21(26)17-9-10-23-18(14-17)22(27)25-11-5-3-4-6-12-25/h7-10,13-14H,3-6,11-12,15H2,1-2H3,(H,24,26). The summed E-state index contributed by atoms with van der Waals surface area (Å²) in [5.74, 6) is 0.871. The third-order valence-corrected chi connectivity index (χ3v) is 5.04. The molecule has 1 N–H and O–H groups in total. The van der Waals surface area contributed by atoms with E-state index in [4.69, 9.17) is 9.47 Å². The second-order valence-corrected chi connectivity index (χ2v) is 7.01. The van der Waals surface area contributed by atoms with Gasteiger partial charge in [-0.1, -0.05) is 18.9 Å². The van der Waals surface area contributed by atoms with Crippen LogP contribution in [0, 0.1) is 0 Å². The monoisotopic (exact) mass is 397 g/mol. The molecular weight excluding hydrogens is 370 g/mol. The minimum absolute atomic E-state index is 0.110. The van der Waals surface area contributed by atoms with E-state index >= 15 is 0 Å². The first kappa shape index (κ1) is 20.6. The normalized spacial score (nSPS) is 14.1. The first-order chi connectivity index (χ1) is 14.1. The van der Waals surface area contributed by atoms with E-state index in [0.717, 1.165) is 44.3 Å². The number of aromatic nitrogens is 1. The zero-order chi connectivity index (χ0) is 20.6. The fourth-order valence-electron chi connectivity index (χ4n) is 3.40. The number of pyridine rings is 1. The molecule has 29 heavy (non-hydrogen) atoms. The van der Waals surface area contributed by atoms with Gasteiger partial charge in [0.2, 0.25) is 0 Å². The molecule has 0 aliphatic carbocycles. The van der Waals surface area contributed by atoms with Crippen molar-refractivity contribution in [3.8, 4) is 11.5 Å².